The Labute approximate surface area is 241 Å². The molecule has 1 aliphatic carbocycles. The van der Waals surface area contributed by atoms with E-state index < -0.39 is 17.7 Å². The summed E-state index contributed by atoms with van der Waals surface area (Å²) >= 11 is 0. The SMILES string of the molecule is Cc1ncc(-c2ccc(OC3CCCCC3)cn2)c(N2CCC(C)(C)CC2)c1[C@H](OC(C)(C)C)C(=O)OC(C)C. The Morgan fingerprint density at radius 2 is 1.70 bits per heavy atom. The summed E-state index contributed by atoms with van der Waals surface area (Å²) in [5, 5.41) is 0. The predicted octanol–water partition coefficient (Wildman–Crippen LogP) is 7.60. The van der Waals surface area contributed by atoms with Crippen molar-refractivity contribution in [2.75, 3.05) is 18.0 Å². The van der Waals surface area contributed by atoms with E-state index in [-0.39, 0.29) is 17.6 Å². The molecule has 220 valence electrons. The number of piperidine rings is 1. The second-order valence-electron chi connectivity index (χ2n) is 13.5. The third kappa shape index (κ3) is 7.74. The van der Waals surface area contributed by atoms with Gasteiger partial charge in [0, 0.05) is 36.1 Å². The quantitative estimate of drug-likeness (QED) is 0.313. The predicted molar refractivity (Wildman–Crippen MR) is 160 cm³/mol. The lowest BCUT2D eigenvalue weighted by Crippen LogP contribution is -2.39. The van der Waals surface area contributed by atoms with Gasteiger partial charge in [-0.1, -0.05) is 20.3 Å². The first-order valence-corrected chi connectivity index (χ1v) is 15.1. The van der Waals surface area contributed by atoms with Gasteiger partial charge in [-0.05, 0) is 97.6 Å². The summed E-state index contributed by atoms with van der Waals surface area (Å²) in [7, 11) is 0. The molecule has 0 N–H and O–H groups in total. The highest BCUT2D eigenvalue weighted by molar-refractivity contribution is 5.86. The molecule has 0 radical (unpaired) electrons. The van der Waals surface area contributed by atoms with Crippen molar-refractivity contribution in [1.82, 2.24) is 9.97 Å². The molecule has 0 bridgehead atoms. The van der Waals surface area contributed by atoms with Gasteiger partial charge in [-0.15, -0.1) is 0 Å². The number of rotatable bonds is 8. The zero-order valence-electron chi connectivity index (χ0n) is 25.9. The molecule has 40 heavy (non-hydrogen) atoms. The minimum atomic E-state index is -0.909. The molecule has 1 saturated carbocycles. The molecule has 0 unspecified atom stereocenters. The van der Waals surface area contributed by atoms with Crippen LogP contribution >= 0.6 is 0 Å². The smallest absolute Gasteiger partial charge is 0.340 e. The van der Waals surface area contributed by atoms with E-state index >= 15 is 0 Å². The first-order chi connectivity index (χ1) is 18.8. The van der Waals surface area contributed by atoms with Crippen LogP contribution in [0.5, 0.6) is 5.75 Å². The molecule has 1 atom stereocenters. The number of aromatic nitrogens is 2. The van der Waals surface area contributed by atoms with E-state index in [1.54, 1.807) is 0 Å². The summed E-state index contributed by atoms with van der Waals surface area (Å²) in [5.74, 6) is 0.404. The number of hydrogen-bond donors (Lipinski definition) is 0. The normalized spacial score (nSPS) is 19.0. The summed E-state index contributed by atoms with van der Waals surface area (Å²) in [6.07, 6.45) is 10.9. The molecule has 0 aromatic carbocycles. The van der Waals surface area contributed by atoms with Gasteiger partial charge in [-0.2, -0.15) is 0 Å². The lowest BCUT2D eigenvalue weighted by atomic mass is 9.82. The monoisotopic (exact) mass is 551 g/mol. The summed E-state index contributed by atoms with van der Waals surface area (Å²) in [4.78, 5) is 25.6. The Balaban J connectivity index is 1.79. The lowest BCUT2D eigenvalue weighted by Gasteiger charge is -2.41. The maximum Gasteiger partial charge on any atom is 0.340 e. The number of aryl methyl sites for hydroxylation is 1. The van der Waals surface area contributed by atoms with Crippen molar-refractivity contribution in [3.63, 3.8) is 0 Å². The molecule has 1 saturated heterocycles. The Morgan fingerprint density at radius 1 is 1.02 bits per heavy atom. The molecule has 2 aliphatic rings. The van der Waals surface area contributed by atoms with Gasteiger partial charge in [-0.3, -0.25) is 9.97 Å². The average molecular weight is 552 g/mol. The van der Waals surface area contributed by atoms with Crippen molar-refractivity contribution in [2.24, 2.45) is 5.41 Å². The molecule has 2 aromatic heterocycles. The first-order valence-electron chi connectivity index (χ1n) is 15.1. The van der Waals surface area contributed by atoms with Crippen molar-refractivity contribution in [2.45, 2.75) is 124 Å². The molecule has 2 fully saturated rings. The second kappa shape index (κ2) is 12.5. The van der Waals surface area contributed by atoms with Crippen molar-refractivity contribution in [1.29, 1.82) is 0 Å². The Kier molecular flexibility index (Phi) is 9.44. The van der Waals surface area contributed by atoms with Gasteiger partial charge in [0.1, 0.15) is 5.75 Å². The van der Waals surface area contributed by atoms with Crippen LogP contribution in [-0.4, -0.2) is 46.8 Å². The van der Waals surface area contributed by atoms with Crippen LogP contribution in [0.2, 0.25) is 0 Å². The second-order valence-corrected chi connectivity index (χ2v) is 13.5. The highest BCUT2D eigenvalue weighted by Crippen LogP contribution is 2.43. The Hall–Kier alpha value is -2.67. The Bertz CT molecular complexity index is 1140. The molecule has 2 aromatic rings. The number of hydrogen-bond acceptors (Lipinski definition) is 7. The molecule has 0 amide bonds. The number of ether oxygens (including phenoxy) is 3. The van der Waals surface area contributed by atoms with Gasteiger partial charge in [0.15, 0.2) is 6.10 Å². The third-order valence-corrected chi connectivity index (χ3v) is 7.89. The summed E-state index contributed by atoms with van der Waals surface area (Å²) < 4.78 is 18.4. The first kappa shape index (κ1) is 30.3. The van der Waals surface area contributed by atoms with Crippen LogP contribution in [-0.2, 0) is 14.3 Å². The van der Waals surface area contributed by atoms with E-state index in [4.69, 9.17) is 24.2 Å². The van der Waals surface area contributed by atoms with Crippen LogP contribution in [0.25, 0.3) is 11.3 Å². The van der Waals surface area contributed by atoms with Crippen LogP contribution in [0.1, 0.15) is 111 Å². The third-order valence-electron chi connectivity index (χ3n) is 7.89. The molecule has 1 aliphatic heterocycles. The van der Waals surface area contributed by atoms with Gasteiger partial charge in [0.25, 0.3) is 0 Å². The van der Waals surface area contributed by atoms with E-state index in [1.165, 1.54) is 19.3 Å². The fraction of sp³-hybridized carbons (Fsp3) is 0.667. The molecule has 4 rings (SSSR count). The standard InChI is InChI=1S/C33H49N3O4/c1-22(2)38-31(37)30(40-32(4,5)6)28-23(3)34-21-26(29(28)36-18-16-33(7,8)17-19-36)27-15-14-25(20-35-27)39-24-12-10-9-11-13-24/h14-15,20-22,24,30H,9-13,16-19H2,1-8H3/t30-/m0/s1. The number of carbonyl (C=O) groups is 1. The van der Waals surface area contributed by atoms with Gasteiger partial charge in [0.2, 0.25) is 0 Å². The topological polar surface area (TPSA) is 73.8 Å². The average Bonchev–Trinajstić information content (AvgIpc) is 2.88. The van der Waals surface area contributed by atoms with Crippen molar-refractivity contribution >= 4 is 11.7 Å². The number of carbonyl (C=O) groups excluding carboxylic acids is 1. The van der Waals surface area contributed by atoms with Crippen LogP contribution < -0.4 is 9.64 Å². The highest BCUT2D eigenvalue weighted by atomic mass is 16.6. The molecule has 3 heterocycles. The van der Waals surface area contributed by atoms with Crippen molar-refractivity contribution in [3.8, 4) is 17.0 Å². The van der Waals surface area contributed by atoms with E-state index in [0.717, 1.165) is 72.7 Å². The summed E-state index contributed by atoms with van der Waals surface area (Å²) in [5.41, 5.74) is 3.89. The summed E-state index contributed by atoms with van der Waals surface area (Å²) in [6, 6.07) is 4.02. The summed E-state index contributed by atoms with van der Waals surface area (Å²) in [6.45, 7) is 18.0. The van der Waals surface area contributed by atoms with Crippen LogP contribution in [0, 0.1) is 12.3 Å². The molecular formula is C33H49N3O4. The van der Waals surface area contributed by atoms with E-state index in [1.807, 2.05) is 66.1 Å². The maximum absolute atomic E-state index is 13.6. The maximum atomic E-state index is 13.6. The fourth-order valence-corrected chi connectivity index (χ4v) is 5.64. The van der Waals surface area contributed by atoms with E-state index in [2.05, 4.69) is 18.7 Å². The number of anilines is 1. The molecular weight excluding hydrogens is 502 g/mol. The Morgan fingerprint density at radius 3 is 2.27 bits per heavy atom. The van der Waals surface area contributed by atoms with Gasteiger partial charge in [-0.25, -0.2) is 4.79 Å². The minimum absolute atomic E-state index is 0.257. The van der Waals surface area contributed by atoms with Gasteiger partial charge >= 0.3 is 5.97 Å². The number of esters is 1. The zero-order valence-corrected chi connectivity index (χ0v) is 25.9. The minimum Gasteiger partial charge on any atom is -0.489 e. The number of nitrogens with zero attached hydrogens (tertiary/aromatic N) is 3. The van der Waals surface area contributed by atoms with Crippen molar-refractivity contribution in [3.05, 3.63) is 35.8 Å². The van der Waals surface area contributed by atoms with E-state index in [0.29, 0.717) is 0 Å². The molecule has 7 heteroatoms. The van der Waals surface area contributed by atoms with Gasteiger partial charge < -0.3 is 19.1 Å². The highest BCUT2D eigenvalue weighted by Gasteiger charge is 2.37. The number of pyridine rings is 2. The largest absolute Gasteiger partial charge is 0.489 e. The zero-order chi connectivity index (χ0) is 29.1. The van der Waals surface area contributed by atoms with Crippen LogP contribution in [0.3, 0.4) is 0 Å². The van der Waals surface area contributed by atoms with Crippen LogP contribution in [0.15, 0.2) is 24.5 Å². The molecule has 0 spiro atoms. The van der Waals surface area contributed by atoms with Crippen LogP contribution in [0.4, 0.5) is 5.69 Å². The fourth-order valence-electron chi connectivity index (χ4n) is 5.64. The molecule has 7 nitrogen and oxygen atoms in total. The van der Waals surface area contributed by atoms with E-state index in [9.17, 15) is 4.79 Å². The lowest BCUT2D eigenvalue weighted by molar-refractivity contribution is -0.171. The van der Waals surface area contributed by atoms with Gasteiger partial charge in [0.05, 0.1) is 35.4 Å². The van der Waals surface area contributed by atoms with Crippen molar-refractivity contribution < 1.29 is 19.0 Å².